The van der Waals surface area contributed by atoms with Gasteiger partial charge in [0, 0.05) is 17.5 Å². The minimum Gasteiger partial charge on any atom is -0.481 e. The fraction of sp³-hybridized carbons (Fsp3) is 0.714. The summed E-state index contributed by atoms with van der Waals surface area (Å²) in [4.78, 5) is 24.6. The zero-order chi connectivity index (χ0) is 14.3. The van der Waals surface area contributed by atoms with E-state index in [0.29, 0.717) is 12.3 Å². The second-order valence-corrected chi connectivity index (χ2v) is 6.23. The number of nitrogens with zero attached hydrogens (tertiary/aromatic N) is 1. The summed E-state index contributed by atoms with van der Waals surface area (Å²) in [6.07, 6.45) is 6.66. The lowest BCUT2D eigenvalue weighted by Gasteiger charge is -2.26. The molecule has 4 nitrogen and oxygen atoms in total. The molecule has 1 unspecified atom stereocenters. The maximum atomic E-state index is 12.2. The van der Waals surface area contributed by atoms with E-state index < -0.39 is 5.97 Å². The molecule has 0 bridgehead atoms. The third-order valence-corrected chi connectivity index (χ3v) is 4.33. The Morgan fingerprint density at radius 1 is 1.47 bits per heavy atom. The van der Waals surface area contributed by atoms with Gasteiger partial charge in [-0.3, -0.25) is 9.59 Å². The molecule has 5 heteroatoms. The highest BCUT2D eigenvalue weighted by Crippen LogP contribution is 2.22. The molecule has 19 heavy (non-hydrogen) atoms. The third-order valence-electron chi connectivity index (χ3n) is 3.18. The molecule has 0 saturated heterocycles. The molecule has 1 N–H and O–H groups in total. The molecule has 0 saturated carbocycles. The Kier molecular flexibility index (Phi) is 6.99. The molecule has 0 heterocycles. The number of hydrogen-bond acceptors (Lipinski definition) is 3. The van der Waals surface area contributed by atoms with Crippen LogP contribution in [0.3, 0.4) is 0 Å². The molecular weight excluding hydrogens is 262 g/mol. The quantitative estimate of drug-likeness (QED) is 0.781. The fourth-order valence-corrected chi connectivity index (χ4v) is 3.05. The number of rotatable bonds is 7. The molecule has 0 fully saturated rings. The number of carbonyl (C=O) groups is 2. The lowest BCUT2D eigenvalue weighted by Crippen LogP contribution is -2.32. The van der Waals surface area contributed by atoms with Crippen molar-refractivity contribution >= 4 is 23.6 Å². The second kappa shape index (κ2) is 8.25. The van der Waals surface area contributed by atoms with Crippen LogP contribution in [0.4, 0.5) is 0 Å². The summed E-state index contributed by atoms with van der Waals surface area (Å²) < 4.78 is 0. The fourth-order valence-electron chi connectivity index (χ4n) is 2.20. The first-order chi connectivity index (χ1) is 9.04. The van der Waals surface area contributed by atoms with Gasteiger partial charge >= 0.3 is 5.97 Å². The van der Waals surface area contributed by atoms with Crippen LogP contribution in [0.15, 0.2) is 11.8 Å². The van der Waals surface area contributed by atoms with Crippen LogP contribution in [-0.2, 0) is 9.59 Å². The first-order valence-corrected chi connectivity index (χ1v) is 7.92. The molecule has 0 aromatic carbocycles. The number of amides is 1. The molecule has 0 aromatic rings. The van der Waals surface area contributed by atoms with Crippen molar-refractivity contribution in [1.29, 1.82) is 0 Å². The van der Waals surface area contributed by atoms with Crippen molar-refractivity contribution in [3.05, 3.63) is 11.8 Å². The molecule has 1 rings (SSSR count). The number of aliphatic carboxylic acids is 1. The second-order valence-electron chi connectivity index (χ2n) is 4.80. The minimum atomic E-state index is -0.810. The van der Waals surface area contributed by atoms with E-state index in [1.807, 2.05) is 18.7 Å². The minimum absolute atomic E-state index is 0.0273. The lowest BCUT2D eigenvalue weighted by atomic mass is 10.0. The summed E-state index contributed by atoms with van der Waals surface area (Å²) >= 11 is 1.42. The topological polar surface area (TPSA) is 57.6 Å². The van der Waals surface area contributed by atoms with Gasteiger partial charge in [-0.05, 0) is 32.6 Å². The molecule has 1 atom stereocenters. The SMILES string of the molecule is CCN(C(=O)CSC(C)CC(=O)O)C1=CCCCC1. The van der Waals surface area contributed by atoms with Gasteiger partial charge in [-0.2, -0.15) is 0 Å². The van der Waals surface area contributed by atoms with Crippen molar-refractivity contribution < 1.29 is 14.7 Å². The number of thioether (sulfide) groups is 1. The molecular formula is C14H23NO3S. The predicted molar refractivity (Wildman–Crippen MR) is 78.1 cm³/mol. The number of hydrogen-bond donors (Lipinski definition) is 1. The lowest BCUT2D eigenvalue weighted by molar-refractivity contribution is -0.137. The van der Waals surface area contributed by atoms with Crippen molar-refractivity contribution in [2.75, 3.05) is 12.3 Å². The van der Waals surface area contributed by atoms with E-state index in [1.54, 1.807) is 0 Å². The van der Waals surface area contributed by atoms with Crippen molar-refractivity contribution in [2.45, 2.75) is 51.2 Å². The summed E-state index contributed by atoms with van der Waals surface area (Å²) in [5, 5.41) is 8.66. The van der Waals surface area contributed by atoms with E-state index in [1.165, 1.54) is 18.2 Å². The molecule has 1 aliphatic rings. The van der Waals surface area contributed by atoms with Crippen molar-refractivity contribution in [1.82, 2.24) is 4.90 Å². The van der Waals surface area contributed by atoms with Crippen LogP contribution in [0.5, 0.6) is 0 Å². The van der Waals surface area contributed by atoms with Gasteiger partial charge in [-0.1, -0.05) is 13.0 Å². The van der Waals surface area contributed by atoms with Crippen LogP contribution in [0.25, 0.3) is 0 Å². The summed E-state index contributed by atoms with van der Waals surface area (Å²) in [6.45, 7) is 4.53. The van der Waals surface area contributed by atoms with E-state index in [-0.39, 0.29) is 17.6 Å². The van der Waals surface area contributed by atoms with E-state index in [9.17, 15) is 9.59 Å². The summed E-state index contributed by atoms with van der Waals surface area (Å²) in [5.41, 5.74) is 1.14. The summed E-state index contributed by atoms with van der Waals surface area (Å²) in [5.74, 6) is -0.354. The zero-order valence-corrected chi connectivity index (χ0v) is 12.5. The normalized spacial score (nSPS) is 16.6. The van der Waals surface area contributed by atoms with Gasteiger partial charge < -0.3 is 10.0 Å². The Morgan fingerprint density at radius 2 is 2.21 bits per heavy atom. The molecule has 108 valence electrons. The highest BCUT2D eigenvalue weighted by atomic mass is 32.2. The standard InChI is InChI=1S/C14H23NO3S/c1-3-15(12-7-5-4-6-8-12)13(16)10-19-11(2)9-14(17)18/h7,11H,3-6,8-10H2,1-2H3,(H,17,18). The van der Waals surface area contributed by atoms with Crippen LogP contribution in [0.1, 0.15) is 46.0 Å². The maximum absolute atomic E-state index is 12.2. The van der Waals surface area contributed by atoms with E-state index in [4.69, 9.17) is 5.11 Å². The van der Waals surface area contributed by atoms with Gasteiger partial charge in [-0.25, -0.2) is 0 Å². The molecule has 0 aromatic heterocycles. The number of carboxylic acids is 1. The molecule has 0 spiro atoms. The molecule has 0 aliphatic heterocycles. The summed E-state index contributed by atoms with van der Waals surface area (Å²) in [6, 6.07) is 0. The third kappa shape index (κ3) is 5.68. The van der Waals surface area contributed by atoms with Crippen LogP contribution in [0, 0.1) is 0 Å². The van der Waals surface area contributed by atoms with Crippen molar-refractivity contribution in [3.8, 4) is 0 Å². The molecule has 1 aliphatic carbocycles. The van der Waals surface area contributed by atoms with E-state index in [0.717, 1.165) is 25.0 Å². The average molecular weight is 285 g/mol. The van der Waals surface area contributed by atoms with E-state index in [2.05, 4.69) is 6.08 Å². The van der Waals surface area contributed by atoms with Crippen LogP contribution < -0.4 is 0 Å². The predicted octanol–water partition coefficient (Wildman–Crippen LogP) is 2.89. The maximum Gasteiger partial charge on any atom is 0.304 e. The van der Waals surface area contributed by atoms with Crippen molar-refractivity contribution in [2.24, 2.45) is 0 Å². The van der Waals surface area contributed by atoms with Gasteiger partial charge in [0.25, 0.3) is 0 Å². The van der Waals surface area contributed by atoms with Crippen LogP contribution in [-0.4, -0.2) is 39.4 Å². The number of carboxylic acid groups (broad SMARTS) is 1. The first kappa shape index (κ1) is 16.1. The highest BCUT2D eigenvalue weighted by Gasteiger charge is 2.19. The van der Waals surface area contributed by atoms with Gasteiger partial charge in [0.2, 0.25) is 5.91 Å². The highest BCUT2D eigenvalue weighted by molar-refractivity contribution is 8.00. The Bertz CT molecular complexity index is 355. The van der Waals surface area contributed by atoms with Crippen LogP contribution >= 0.6 is 11.8 Å². The van der Waals surface area contributed by atoms with Gasteiger partial charge in [0.05, 0.1) is 12.2 Å². The Balaban J connectivity index is 2.45. The largest absolute Gasteiger partial charge is 0.481 e. The van der Waals surface area contributed by atoms with Crippen molar-refractivity contribution in [3.63, 3.8) is 0 Å². The Morgan fingerprint density at radius 3 is 2.74 bits per heavy atom. The van der Waals surface area contributed by atoms with Crippen LogP contribution in [0.2, 0.25) is 0 Å². The zero-order valence-electron chi connectivity index (χ0n) is 11.7. The monoisotopic (exact) mass is 285 g/mol. The summed E-state index contributed by atoms with van der Waals surface area (Å²) in [7, 11) is 0. The van der Waals surface area contributed by atoms with Gasteiger partial charge in [0.15, 0.2) is 0 Å². The van der Waals surface area contributed by atoms with Gasteiger partial charge in [-0.15, -0.1) is 11.8 Å². The smallest absolute Gasteiger partial charge is 0.304 e. The van der Waals surface area contributed by atoms with Gasteiger partial charge in [0.1, 0.15) is 0 Å². The number of allylic oxidation sites excluding steroid dienone is 2. The molecule has 0 radical (unpaired) electrons. The molecule has 1 amide bonds. The average Bonchev–Trinajstić information content (AvgIpc) is 2.38. The van der Waals surface area contributed by atoms with E-state index >= 15 is 0 Å². The first-order valence-electron chi connectivity index (χ1n) is 6.87. The Labute approximate surface area is 119 Å². The number of carbonyl (C=O) groups excluding carboxylic acids is 1. The Hall–Kier alpha value is -0.970.